The molecule has 2 N–H and O–H groups in total. The van der Waals surface area contributed by atoms with Gasteiger partial charge in [0.05, 0.1) is 5.41 Å². The zero-order valence-electron chi connectivity index (χ0n) is 7.42. The van der Waals surface area contributed by atoms with Crippen LogP contribution in [0.3, 0.4) is 0 Å². The second-order valence-electron chi connectivity index (χ2n) is 4.02. The highest BCUT2D eigenvalue weighted by Crippen LogP contribution is 2.38. The predicted octanol–water partition coefficient (Wildman–Crippen LogP) is -0.586. The van der Waals surface area contributed by atoms with Gasteiger partial charge in [0.2, 0.25) is 5.91 Å². The fraction of sp³-hybridized carbons (Fsp3) is 0.875. The number of carbonyl (C=O) groups is 1. The highest BCUT2D eigenvalue weighted by atomic mass is 16.2. The second-order valence-corrected chi connectivity index (χ2v) is 4.02. The summed E-state index contributed by atoms with van der Waals surface area (Å²) < 4.78 is 0. The van der Waals surface area contributed by atoms with E-state index in [1.54, 1.807) is 0 Å². The predicted molar refractivity (Wildman–Crippen MR) is 45.1 cm³/mol. The monoisotopic (exact) mass is 169 g/mol. The molecular formula is C8H15N3O. The molecule has 0 radical (unpaired) electrons. The van der Waals surface area contributed by atoms with E-state index < -0.39 is 0 Å². The van der Waals surface area contributed by atoms with Gasteiger partial charge in [-0.2, -0.15) is 0 Å². The summed E-state index contributed by atoms with van der Waals surface area (Å²) in [6, 6.07) is 0. The number of likely N-dealkylation sites (tertiary alicyclic amines) is 1. The molecule has 1 unspecified atom stereocenters. The Morgan fingerprint density at radius 2 is 2.08 bits per heavy atom. The molecule has 4 nitrogen and oxygen atoms in total. The molecule has 0 aliphatic carbocycles. The Kier molecular flexibility index (Phi) is 1.63. The minimum absolute atomic E-state index is 0.122. The molecule has 68 valence electrons. The van der Waals surface area contributed by atoms with Gasteiger partial charge in [-0.1, -0.05) is 0 Å². The Labute approximate surface area is 72.3 Å². The first kappa shape index (κ1) is 8.01. The number of hydrogen-bond donors (Lipinski definition) is 1. The van der Waals surface area contributed by atoms with Crippen LogP contribution in [0.15, 0.2) is 0 Å². The SMILES string of the molecule is CN1CCC2(CCN(N)C2=O)C1. The fourth-order valence-electron chi connectivity index (χ4n) is 2.31. The maximum absolute atomic E-state index is 11.6. The number of nitrogens with zero attached hydrogens (tertiary/aromatic N) is 2. The summed E-state index contributed by atoms with van der Waals surface area (Å²) in [6.07, 6.45) is 1.92. The van der Waals surface area contributed by atoms with Gasteiger partial charge in [-0.25, -0.2) is 5.84 Å². The lowest BCUT2D eigenvalue weighted by Gasteiger charge is -2.20. The number of amides is 1. The number of nitrogens with two attached hydrogens (primary N) is 1. The normalized spacial score (nSPS) is 37.2. The molecule has 2 rings (SSSR count). The van der Waals surface area contributed by atoms with Crippen LogP contribution in [0.1, 0.15) is 12.8 Å². The van der Waals surface area contributed by atoms with Gasteiger partial charge in [-0.3, -0.25) is 9.80 Å². The minimum Gasteiger partial charge on any atom is -0.305 e. The zero-order chi connectivity index (χ0) is 8.77. The molecule has 1 amide bonds. The quantitative estimate of drug-likeness (QED) is 0.389. The summed E-state index contributed by atoms with van der Waals surface area (Å²) in [5.41, 5.74) is -0.122. The number of hydrazine groups is 1. The average Bonchev–Trinajstić information content (AvgIpc) is 2.53. The van der Waals surface area contributed by atoms with Crippen LogP contribution in [0, 0.1) is 5.41 Å². The van der Waals surface area contributed by atoms with E-state index in [1.165, 1.54) is 5.01 Å². The van der Waals surface area contributed by atoms with Crippen LogP contribution >= 0.6 is 0 Å². The maximum atomic E-state index is 11.6. The summed E-state index contributed by atoms with van der Waals surface area (Å²) in [5, 5.41) is 1.37. The lowest BCUT2D eigenvalue weighted by Crippen LogP contribution is -2.39. The molecule has 2 saturated heterocycles. The molecule has 0 aromatic carbocycles. The third-order valence-electron chi connectivity index (χ3n) is 3.09. The molecular weight excluding hydrogens is 154 g/mol. The van der Waals surface area contributed by atoms with Crippen molar-refractivity contribution in [3.05, 3.63) is 0 Å². The molecule has 1 atom stereocenters. The average molecular weight is 169 g/mol. The van der Waals surface area contributed by atoms with E-state index in [4.69, 9.17) is 5.84 Å². The molecule has 2 fully saturated rings. The van der Waals surface area contributed by atoms with Gasteiger partial charge in [0.1, 0.15) is 0 Å². The fourth-order valence-corrected chi connectivity index (χ4v) is 2.31. The third-order valence-corrected chi connectivity index (χ3v) is 3.09. The van der Waals surface area contributed by atoms with Gasteiger partial charge < -0.3 is 4.90 Å². The van der Waals surface area contributed by atoms with E-state index in [9.17, 15) is 4.79 Å². The summed E-state index contributed by atoms with van der Waals surface area (Å²) in [6.45, 7) is 2.64. The maximum Gasteiger partial charge on any atom is 0.244 e. The van der Waals surface area contributed by atoms with Crippen molar-refractivity contribution in [2.24, 2.45) is 11.3 Å². The number of hydrogen-bond acceptors (Lipinski definition) is 3. The summed E-state index contributed by atoms with van der Waals surface area (Å²) >= 11 is 0. The Balaban J connectivity index is 2.18. The first-order valence-corrected chi connectivity index (χ1v) is 4.39. The Bertz CT molecular complexity index is 214. The zero-order valence-corrected chi connectivity index (χ0v) is 7.42. The highest BCUT2D eigenvalue weighted by molar-refractivity contribution is 5.84. The van der Waals surface area contributed by atoms with E-state index in [0.29, 0.717) is 0 Å². The van der Waals surface area contributed by atoms with Gasteiger partial charge in [0.25, 0.3) is 0 Å². The molecule has 2 heterocycles. The number of carbonyl (C=O) groups excluding carboxylic acids is 1. The van der Waals surface area contributed by atoms with Crippen LogP contribution in [-0.4, -0.2) is 42.5 Å². The molecule has 4 heteroatoms. The molecule has 2 aliphatic heterocycles. The van der Waals surface area contributed by atoms with E-state index >= 15 is 0 Å². The van der Waals surface area contributed by atoms with Crippen LogP contribution in [0.25, 0.3) is 0 Å². The molecule has 12 heavy (non-hydrogen) atoms. The first-order valence-electron chi connectivity index (χ1n) is 4.39. The molecule has 0 bridgehead atoms. The Hall–Kier alpha value is -0.610. The minimum atomic E-state index is -0.122. The Morgan fingerprint density at radius 1 is 1.42 bits per heavy atom. The smallest absolute Gasteiger partial charge is 0.244 e. The van der Waals surface area contributed by atoms with Crippen molar-refractivity contribution in [3.63, 3.8) is 0 Å². The van der Waals surface area contributed by atoms with Crippen LogP contribution in [0.4, 0.5) is 0 Å². The topological polar surface area (TPSA) is 49.6 Å². The molecule has 0 aromatic rings. The highest BCUT2D eigenvalue weighted by Gasteiger charge is 2.49. The van der Waals surface area contributed by atoms with Gasteiger partial charge in [0, 0.05) is 13.1 Å². The van der Waals surface area contributed by atoms with Gasteiger partial charge >= 0.3 is 0 Å². The van der Waals surface area contributed by atoms with Gasteiger partial charge in [-0.15, -0.1) is 0 Å². The van der Waals surface area contributed by atoms with Crippen molar-refractivity contribution in [3.8, 4) is 0 Å². The molecule has 2 aliphatic rings. The molecule has 1 spiro atoms. The van der Waals surface area contributed by atoms with E-state index in [-0.39, 0.29) is 11.3 Å². The van der Waals surface area contributed by atoms with Gasteiger partial charge in [0.15, 0.2) is 0 Å². The van der Waals surface area contributed by atoms with Crippen molar-refractivity contribution in [2.75, 3.05) is 26.7 Å². The van der Waals surface area contributed by atoms with Crippen LogP contribution in [0.5, 0.6) is 0 Å². The van der Waals surface area contributed by atoms with Crippen LogP contribution in [0.2, 0.25) is 0 Å². The van der Waals surface area contributed by atoms with E-state index in [1.807, 2.05) is 0 Å². The second kappa shape index (κ2) is 2.44. The first-order chi connectivity index (χ1) is 5.64. The van der Waals surface area contributed by atoms with Crippen molar-refractivity contribution in [2.45, 2.75) is 12.8 Å². The van der Waals surface area contributed by atoms with Crippen molar-refractivity contribution >= 4 is 5.91 Å². The van der Waals surface area contributed by atoms with Gasteiger partial charge in [-0.05, 0) is 26.4 Å². The molecule has 0 aromatic heterocycles. The third kappa shape index (κ3) is 0.949. The van der Waals surface area contributed by atoms with Crippen molar-refractivity contribution < 1.29 is 4.79 Å². The van der Waals surface area contributed by atoms with Crippen molar-refractivity contribution in [1.29, 1.82) is 0 Å². The Morgan fingerprint density at radius 3 is 2.50 bits per heavy atom. The largest absolute Gasteiger partial charge is 0.305 e. The molecule has 0 saturated carbocycles. The summed E-state index contributed by atoms with van der Waals surface area (Å²) in [5.74, 6) is 5.69. The van der Waals surface area contributed by atoms with Crippen molar-refractivity contribution in [1.82, 2.24) is 9.91 Å². The summed E-state index contributed by atoms with van der Waals surface area (Å²) in [4.78, 5) is 13.9. The van der Waals surface area contributed by atoms with Crippen LogP contribution in [-0.2, 0) is 4.79 Å². The number of rotatable bonds is 0. The summed E-state index contributed by atoms with van der Waals surface area (Å²) in [7, 11) is 2.06. The lowest BCUT2D eigenvalue weighted by molar-refractivity contribution is -0.135. The van der Waals surface area contributed by atoms with E-state index in [0.717, 1.165) is 32.5 Å². The van der Waals surface area contributed by atoms with Crippen LogP contribution < -0.4 is 5.84 Å². The van der Waals surface area contributed by atoms with E-state index in [2.05, 4.69) is 11.9 Å². The lowest BCUT2D eigenvalue weighted by atomic mass is 9.86. The standard InChI is InChI=1S/C8H15N3O/c1-10-4-2-8(6-10)3-5-11(9)7(8)12/h2-6,9H2,1H3.